The van der Waals surface area contributed by atoms with Gasteiger partial charge in [0.25, 0.3) is 0 Å². The number of esters is 1. The molecule has 26 heavy (non-hydrogen) atoms. The van der Waals surface area contributed by atoms with Crippen molar-refractivity contribution in [2.45, 2.75) is 75.3 Å². The number of cyclic esters (lactones) is 1. The van der Waals surface area contributed by atoms with E-state index in [1.165, 1.54) is 0 Å². The lowest BCUT2D eigenvalue weighted by Gasteiger charge is -2.53. The van der Waals surface area contributed by atoms with E-state index >= 15 is 0 Å². The molecule has 0 bridgehead atoms. The normalized spacial score (nSPS) is 63.1. The number of epoxide rings is 3. The predicted octanol–water partition coefficient (Wildman–Crippen LogP) is 0.959. The highest BCUT2D eigenvalue weighted by molar-refractivity contribution is 5.92. The minimum atomic E-state index is -0.559. The standard InChI is InChI=1S/C20H24O6/c1-7(2)19-14(21)11-13-12(24-13)10-9-6-23-17(22)8(9)4-5-18(10,3)20(11)16(26-20)15(19)25-19/h7,10-16,21H,4-6H2,1-3H3/t10-,11?,12+,13-,14?,15+,16+,18+,19-,20-/m1/s1. The van der Waals surface area contributed by atoms with Crippen molar-refractivity contribution in [1.82, 2.24) is 0 Å². The molecule has 2 unspecified atom stereocenters. The van der Waals surface area contributed by atoms with Gasteiger partial charge in [0.05, 0.1) is 18.3 Å². The van der Waals surface area contributed by atoms with Gasteiger partial charge in [-0.15, -0.1) is 0 Å². The van der Waals surface area contributed by atoms with Crippen LogP contribution in [0.5, 0.6) is 0 Å². The van der Waals surface area contributed by atoms with Crippen molar-refractivity contribution in [3.8, 4) is 0 Å². The fraction of sp³-hybridized carbons (Fsp3) is 0.850. The lowest BCUT2D eigenvalue weighted by Crippen LogP contribution is -2.65. The molecule has 10 atom stereocenters. The van der Waals surface area contributed by atoms with E-state index in [-0.39, 0.29) is 53.6 Å². The number of hydrogen-bond acceptors (Lipinski definition) is 6. The Hall–Kier alpha value is -0.950. The smallest absolute Gasteiger partial charge is 0.334 e. The quantitative estimate of drug-likeness (QED) is 0.554. The Labute approximate surface area is 151 Å². The predicted molar refractivity (Wildman–Crippen MR) is 87.0 cm³/mol. The number of carbonyl (C=O) groups excluding carboxylic acids is 1. The minimum Gasteiger partial charge on any atom is -0.458 e. The van der Waals surface area contributed by atoms with Crippen molar-refractivity contribution in [3.05, 3.63) is 11.1 Å². The van der Waals surface area contributed by atoms with Crippen LogP contribution in [0.3, 0.4) is 0 Å². The summed E-state index contributed by atoms with van der Waals surface area (Å²) in [6.45, 7) is 6.92. The van der Waals surface area contributed by atoms with E-state index in [2.05, 4.69) is 20.8 Å². The molecule has 1 N–H and O–H groups in total. The van der Waals surface area contributed by atoms with E-state index in [1.54, 1.807) is 0 Å². The molecular weight excluding hydrogens is 336 g/mol. The third-order valence-electron chi connectivity index (χ3n) is 8.97. The molecule has 3 aliphatic carbocycles. The van der Waals surface area contributed by atoms with Crippen molar-refractivity contribution in [3.63, 3.8) is 0 Å². The highest BCUT2D eigenvalue weighted by atomic mass is 16.7. The molecule has 0 aromatic heterocycles. The first-order valence-corrected chi connectivity index (χ1v) is 9.96. The maximum atomic E-state index is 12.1. The van der Waals surface area contributed by atoms with Crippen LogP contribution in [0.1, 0.15) is 33.6 Å². The summed E-state index contributed by atoms with van der Waals surface area (Å²) in [6.07, 6.45) is 1.13. The molecule has 0 radical (unpaired) electrons. The van der Waals surface area contributed by atoms with Gasteiger partial charge >= 0.3 is 5.97 Å². The monoisotopic (exact) mass is 360 g/mol. The molecule has 3 saturated heterocycles. The molecule has 2 saturated carbocycles. The van der Waals surface area contributed by atoms with Crippen LogP contribution in [-0.2, 0) is 23.7 Å². The van der Waals surface area contributed by atoms with Crippen molar-refractivity contribution in [2.24, 2.45) is 23.2 Å². The Bertz CT molecular complexity index is 804. The van der Waals surface area contributed by atoms with Gasteiger partial charge in [-0.1, -0.05) is 20.8 Å². The maximum absolute atomic E-state index is 12.1. The second kappa shape index (κ2) is 3.93. The van der Waals surface area contributed by atoms with Gasteiger partial charge in [-0.3, -0.25) is 0 Å². The van der Waals surface area contributed by atoms with Gasteiger partial charge in [0.15, 0.2) is 0 Å². The van der Waals surface area contributed by atoms with Gasteiger partial charge in [0.2, 0.25) is 0 Å². The van der Waals surface area contributed by atoms with Crippen molar-refractivity contribution >= 4 is 5.97 Å². The average Bonchev–Trinajstić information content (AvgIpc) is 3.46. The van der Waals surface area contributed by atoms with E-state index < -0.39 is 17.3 Å². The number of hydrogen-bond donors (Lipinski definition) is 1. The van der Waals surface area contributed by atoms with Crippen molar-refractivity contribution < 1.29 is 28.8 Å². The van der Waals surface area contributed by atoms with Crippen LogP contribution in [-0.4, -0.2) is 59.4 Å². The lowest BCUT2D eigenvalue weighted by molar-refractivity contribution is -0.136. The Kier molecular flexibility index (Phi) is 2.27. The summed E-state index contributed by atoms with van der Waals surface area (Å²) in [4.78, 5) is 12.1. The molecule has 1 spiro atoms. The molecule has 140 valence electrons. The summed E-state index contributed by atoms with van der Waals surface area (Å²) in [7, 11) is 0. The third kappa shape index (κ3) is 1.24. The first kappa shape index (κ1) is 15.0. The highest BCUT2D eigenvalue weighted by Gasteiger charge is 2.93. The van der Waals surface area contributed by atoms with E-state index in [0.717, 1.165) is 24.0 Å². The zero-order chi connectivity index (χ0) is 17.8. The third-order valence-corrected chi connectivity index (χ3v) is 8.97. The highest BCUT2D eigenvalue weighted by Crippen LogP contribution is 2.79. The van der Waals surface area contributed by atoms with E-state index in [0.29, 0.717) is 6.61 Å². The van der Waals surface area contributed by atoms with Crippen molar-refractivity contribution in [2.75, 3.05) is 6.61 Å². The van der Waals surface area contributed by atoms with Gasteiger partial charge in [0, 0.05) is 22.8 Å². The average molecular weight is 360 g/mol. The maximum Gasteiger partial charge on any atom is 0.334 e. The Morgan fingerprint density at radius 3 is 2.77 bits per heavy atom. The first-order valence-electron chi connectivity index (χ1n) is 9.96. The van der Waals surface area contributed by atoms with E-state index in [1.807, 2.05) is 0 Å². The minimum absolute atomic E-state index is 0.00333. The number of aliphatic hydroxyl groups excluding tert-OH is 1. The Balaban J connectivity index is 1.38. The Morgan fingerprint density at radius 2 is 2.00 bits per heavy atom. The van der Waals surface area contributed by atoms with Crippen LogP contribution in [0.4, 0.5) is 0 Å². The molecule has 6 nitrogen and oxygen atoms in total. The molecule has 0 amide bonds. The van der Waals surface area contributed by atoms with Crippen LogP contribution < -0.4 is 0 Å². The zero-order valence-corrected chi connectivity index (χ0v) is 15.2. The molecule has 4 aliphatic heterocycles. The van der Waals surface area contributed by atoms with Gasteiger partial charge in [-0.25, -0.2) is 4.79 Å². The number of aliphatic hydroxyl groups is 1. The van der Waals surface area contributed by atoms with Crippen LogP contribution in [0.15, 0.2) is 11.1 Å². The van der Waals surface area contributed by atoms with Crippen molar-refractivity contribution in [1.29, 1.82) is 0 Å². The van der Waals surface area contributed by atoms with Gasteiger partial charge in [0.1, 0.15) is 30.0 Å². The molecule has 7 rings (SSSR count). The number of ether oxygens (including phenoxy) is 4. The summed E-state index contributed by atoms with van der Waals surface area (Å²) in [5.41, 5.74) is 0.983. The lowest BCUT2D eigenvalue weighted by atomic mass is 9.47. The summed E-state index contributed by atoms with van der Waals surface area (Å²) >= 11 is 0. The largest absolute Gasteiger partial charge is 0.458 e. The summed E-state index contributed by atoms with van der Waals surface area (Å²) in [6, 6.07) is 0. The fourth-order valence-electron chi connectivity index (χ4n) is 7.64. The topological polar surface area (TPSA) is 84.1 Å². The summed E-state index contributed by atoms with van der Waals surface area (Å²) < 4.78 is 24.2. The van der Waals surface area contributed by atoms with Gasteiger partial charge in [-0.2, -0.15) is 0 Å². The van der Waals surface area contributed by atoms with Crippen LogP contribution in [0.2, 0.25) is 0 Å². The molecule has 7 aliphatic rings. The van der Waals surface area contributed by atoms with Crippen LogP contribution in [0, 0.1) is 23.2 Å². The van der Waals surface area contributed by atoms with Gasteiger partial charge in [-0.05, 0) is 24.3 Å². The van der Waals surface area contributed by atoms with E-state index in [4.69, 9.17) is 18.9 Å². The fourth-order valence-corrected chi connectivity index (χ4v) is 7.64. The molecule has 4 heterocycles. The molecule has 5 fully saturated rings. The second-order valence-corrected chi connectivity index (χ2v) is 9.89. The number of rotatable bonds is 1. The summed E-state index contributed by atoms with van der Waals surface area (Å²) in [5.74, 6) is 0.204. The van der Waals surface area contributed by atoms with Crippen LogP contribution in [0.25, 0.3) is 0 Å². The molecule has 6 heteroatoms. The second-order valence-electron chi connectivity index (χ2n) is 9.89. The zero-order valence-electron chi connectivity index (χ0n) is 15.2. The SMILES string of the molecule is CC(C)[C@]12O[C@H]1[C@@H]1O[C@]13C(C2O)[C@H]1O[C@H]1[C@H]1C2=C(CC[C@@]13C)C(=O)OC2. The Morgan fingerprint density at radius 1 is 1.19 bits per heavy atom. The molecular formula is C20H24O6. The molecule has 0 aromatic carbocycles. The molecule has 0 aromatic rings. The number of carbonyl (C=O) groups is 1. The summed E-state index contributed by atoms with van der Waals surface area (Å²) in [5, 5.41) is 11.4. The number of fused-ring (bicyclic) bond motifs is 7. The van der Waals surface area contributed by atoms with Gasteiger partial charge < -0.3 is 24.1 Å². The van der Waals surface area contributed by atoms with Crippen LogP contribution >= 0.6 is 0 Å². The first-order chi connectivity index (χ1) is 12.4. The van der Waals surface area contributed by atoms with E-state index in [9.17, 15) is 9.90 Å².